The molecule has 0 spiro atoms. The van der Waals surface area contributed by atoms with Crippen molar-refractivity contribution in [2.24, 2.45) is 0 Å². The van der Waals surface area contributed by atoms with Crippen molar-refractivity contribution >= 4 is 18.0 Å². The Morgan fingerprint density at radius 2 is 1.89 bits per heavy atom. The summed E-state index contributed by atoms with van der Waals surface area (Å²) in [6, 6.07) is 4.84. The molecule has 0 heterocycles. The fourth-order valence-corrected chi connectivity index (χ4v) is 1.41. The van der Waals surface area contributed by atoms with E-state index in [1.807, 2.05) is 0 Å². The first-order chi connectivity index (χ1) is 8.73. The van der Waals surface area contributed by atoms with Gasteiger partial charge in [-0.25, -0.2) is 4.79 Å². The predicted molar refractivity (Wildman–Crippen MR) is 73.0 cm³/mol. The molecule has 0 amide bonds. The summed E-state index contributed by atoms with van der Waals surface area (Å²) in [6.45, 7) is 10.2. The van der Waals surface area contributed by atoms with Crippen molar-refractivity contribution in [2.75, 3.05) is 0 Å². The van der Waals surface area contributed by atoms with Crippen LogP contribution in [0.4, 0.5) is 0 Å². The largest absolute Gasteiger partial charge is 0.456 e. The second-order valence-corrected chi connectivity index (χ2v) is 5.06. The first-order valence-electron chi connectivity index (χ1n) is 5.91. The summed E-state index contributed by atoms with van der Waals surface area (Å²) in [5.74, 6) is -0.843. The van der Waals surface area contributed by atoms with Gasteiger partial charge in [0.1, 0.15) is 16.9 Å². The molecule has 0 radical (unpaired) electrons. The van der Waals surface area contributed by atoms with Gasteiger partial charge in [-0.3, -0.25) is 4.79 Å². The first-order valence-corrected chi connectivity index (χ1v) is 5.91. The van der Waals surface area contributed by atoms with Gasteiger partial charge in [0.05, 0.1) is 0 Å². The molecule has 0 aromatic heterocycles. The van der Waals surface area contributed by atoms with E-state index in [1.54, 1.807) is 45.0 Å². The van der Waals surface area contributed by atoms with E-state index >= 15 is 0 Å². The average Bonchev–Trinajstić information content (AvgIpc) is 2.25. The lowest BCUT2D eigenvalue weighted by atomic mass is 10.1. The molecule has 0 fully saturated rings. The molecule has 0 saturated heterocycles. The smallest absolute Gasteiger partial charge is 0.342 e. The fourth-order valence-electron chi connectivity index (χ4n) is 1.41. The van der Waals surface area contributed by atoms with Crippen molar-refractivity contribution in [3.05, 3.63) is 35.9 Å². The topological polar surface area (TPSA) is 52.6 Å². The second kappa shape index (κ2) is 5.69. The van der Waals surface area contributed by atoms with Crippen LogP contribution in [0.25, 0.3) is 6.08 Å². The minimum atomic E-state index is -0.609. The van der Waals surface area contributed by atoms with Crippen LogP contribution in [0.15, 0.2) is 24.8 Å². The number of carbonyl (C=O) groups excluding carboxylic acids is 2. The molecule has 4 nitrogen and oxygen atoms in total. The molecule has 0 bridgehead atoms. The van der Waals surface area contributed by atoms with Gasteiger partial charge in [0.25, 0.3) is 0 Å². The monoisotopic (exact) mass is 262 g/mol. The van der Waals surface area contributed by atoms with Crippen molar-refractivity contribution in [3.63, 3.8) is 0 Å². The van der Waals surface area contributed by atoms with Gasteiger partial charge in [0.2, 0.25) is 0 Å². The molecular weight excluding hydrogens is 244 g/mol. The molecule has 0 aliphatic carbocycles. The molecular formula is C15H18O4. The molecule has 1 aromatic carbocycles. The van der Waals surface area contributed by atoms with Gasteiger partial charge < -0.3 is 9.47 Å². The van der Waals surface area contributed by atoms with Crippen LogP contribution in [0.5, 0.6) is 5.75 Å². The highest BCUT2D eigenvalue weighted by Gasteiger charge is 2.21. The van der Waals surface area contributed by atoms with Crippen LogP contribution in [0.1, 0.15) is 43.6 Å². The Labute approximate surface area is 113 Å². The normalized spacial score (nSPS) is 10.7. The maximum atomic E-state index is 12.0. The molecule has 0 unspecified atom stereocenters. The van der Waals surface area contributed by atoms with Gasteiger partial charge >= 0.3 is 11.9 Å². The third-order valence-corrected chi connectivity index (χ3v) is 2.11. The van der Waals surface area contributed by atoms with E-state index in [1.165, 1.54) is 6.92 Å². The SMILES string of the molecule is C=Cc1ccc(C(=O)OC(C)(C)C)c(OC(C)=O)c1. The van der Waals surface area contributed by atoms with E-state index in [2.05, 4.69) is 6.58 Å². The quantitative estimate of drug-likeness (QED) is 0.620. The highest BCUT2D eigenvalue weighted by molar-refractivity contribution is 5.94. The summed E-state index contributed by atoms with van der Waals surface area (Å²) in [5.41, 5.74) is 0.362. The third kappa shape index (κ3) is 4.58. The van der Waals surface area contributed by atoms with Crippen molar-refractivity contribution in [3.8, 4) is 5.75 Å². The summed E-state index contributed by atoms with van der Waals surface area (Å²) < 4.78 is 10.3. The molecule has 102 valence electrons. The fraction of sp³-hybridized carbons (Fsp3) is 0.333. The van der Waals surface area contributed by atoms with Gasteiger partial charge in [0, 0.05) is 6.92 Å². The predicted octanol–water partition coefficient (Wildman–Crippen LogP) is 3.21. The molecule has 1 aromatic rings. The minimum Gasteiger partial charge on any atom is -0.456 e. The van der Waals surface area contributed by atoms with E-state index in [4.69, 9.17) is 9.47 Å². The first kappa shape index (κ1) is 15.0. The Morgan fingerprint density at radius 1 is 1.26 bits per heavy atom. The van der Waals surface area contributed by atoms with E-state index in [9.17, 15) is 9.59 Å². The number of hydrogen-bond donors (Lipinski definition) is 0. The Morgan fingerprint density at radius 3 is 2.37 bits per heavy atom. The van der Waals surface area contributed by atoms with E-state index in [0.717, 1.165) is 5.56 Å². The molecule has 1 rings (SSSR count). The van der Waals surface area contributed by atoms with Crippen LogP contribution in [0, 0.1) is 0 Å². The Kier molecular flexibility index (Phi) is 4.48. The lowest BCUT2D eigenvalue weighted by molar-refractivity contribution is -0.131. The average molecular weight is 262 g/mol. The summed E-state index contributed by atoms with van der Waals surface area (Å²) in [4.78, 5) is 23.1. The Hall–Kier alpha value is -2.10. The zero-order valence-electron chi connectivity index (χ0n) is 11.6. The molecule has 0 saturated carbocycles. The number of ether oxygens (including phenoxy) is 2. The summed E-state index contributed by atoms with van der Waals surface area (Å²) >= 11 is 0. The summed E-state index contributed by atoms with van der Waals surface area (Å²) in [6.07, 6.45) is 1.60. The second-order valence-electron chi connectivity index (χ2n) is 5.06. The highest BCUT2D eigenvalue weighted by Crippen LogP contribution is 2.24. The lowest BCUT2D eigenvalue weighted by Crippen LogP contribution is -2.24. The van der Waals surface area contributed by atoms with Crippen LogP contribution < -0.4 is 4.74 Å². The number of rotatable bonds is 3. The van der Waals surface area contributed by atoms with Gasteiger partial charge in [-0.2, -0.15) is 0 Å². The molecule has 0 aliphatic heterocycles. The molecule has 0 N–H and O–H groups in total. The number of benzene rings is 1. The van der Waals surface area contributed by atoms with Crippen molar-refractivity contribution in [1.29, 1.82) is 0 Å². The standard InChI is InChI=1S/C15H18O4/c1-6-11-7-8-12(13(9-11)18-10(2)16)14(17)19-15(3,4)5/h6-9H,1H2,2-5H3. The van der Waals surface area contributed by atoms with Crippen LogP contribution >= 0.6 is 0 Å². The molecule has 0 atom stereocenters. The van der Waals surface area contributed by atoms with Gasteiger partial charge in [-0.05, 0) is 38.5 Å². The zero-order valence-corrected chi connectivity index (χ0v) is 11.6. The van der Waals surface area contributed by atoms with Gasteiger partial charge in [0.15, 0.2) is 0 Å². The summed E-state index contributed by atoms with van der Waals surface area (Å²) in [7, 11) is 0. The van der Waals surface area contributed by atoms with E-state index < -0.39 is 17.5 Å². The van der Waals surface area contributed by atoms with Crippen molar-refractivity contribution in [1.82, 2.24) is 0 Å². The number of carbonyl (C=O) groups is 2. The maximum Gasteiger partial charge on any atom is 0.342 e. The zero-order chi connectivity index (χ0) is 14.6. The van der Waals surface area contributed by atoms with E-state index in [-0.39, 0.29) is 11.3 Å². The maximum absolute atomic E-state index is 12.0. The third-order valence-electron chi connectivity index (χ3n) is 2.11. The molecule has 4 heteroatoms. The highest BCUT2D eigenvalue weighted by atomic mass is 16.6. The van der Waals surface area contributed by atoms with Crippen LogP contribution in [-0.2, 0) is 9.53 Å². The Balaban J connectivity index is 3.14. The van der Waals surface area contributed by atoms with Crippen LogP contribution in [0.2, 0.25) is 0 Å². The van der Waals surface area contributed by atoms with Crippen molar-refractivity contribution in [2.45, 2.75) is 33.3 Å². The molecule has 0 aliphatic rings. The molecule has 19 heavy (non-hydrogen) atoms. The van der Waals surface area contributed by atoms with E-state index in [0.29, 0.717) is 0 Å². The van der Waals surface area contributed by atoms with Crippen LogP contribution in [-0.4, -0.2) is 17.5 Å². The number of hydrogen-bond acceptors (Lipinski definition) is 4. The van der Waals surface area contributed by atoms with Gasteiger partial charge in [-0.1, -0.05) is 18.7 Å². The summed E-state index contributed by atoms with van der Waals surface area (Å²) in [5, 5.41) is 0. The van der Waals surface area contributed by atoms with Crippen molar-refractivity contribution < 1.29 is 19.1 Å². The Bertz CT molecular complexity index is 509. The number of esters is 2. The lowest BCUT2D eigenvalue weighted by Gasteiger charge is -2.20. The van der Waals surface area contributed by atoms with Gasteiger partial charge in [-0.15, -0.1) is 0 Å². The minimum absolute atomic E-state index is 0.180. The van der Waals surface area contributed by atoms with Crippen LogP contribution in [0.3, 0.4) is 0 Å².